The second kappa shape index (κ2) is 10.2. The third-order valence-electron chi connectivity index (χ3n) is 6.66. The topological polar surface area (TPSA) is 53.1 Å². The Kier molecular flexibility index (Phi) is 7.10. The van der Waals surface area contributed by atoms with E-state index in [0.717, 1.165) is 49.4 Å². The lowest BCUT2D eigenvalue weighted by atomic mass is 9.96. The lowest BCUT2D eigenvalue weighted by molar-refractivity contribution is -0.133. The number of hydrogen-bond acceptors (Lipinski definition) is 4. The molecule has 2 amide bonds. The first-order valence-corrected chi connectivity index (χ1v) is 11.6. The van der Waals surface area contributed by atoms with E-state index in [2.05, 4.69) is 24.0 Å². The molecule has 0 N–H and O–H groups in total. The van der Waals surface area contributed by atoms with Crippen LogP contribution in [-0.4, -0.2) is 67.5 Å². The highest BCUT2D eigenvalue weighted by Gasteiger charge is 2.30. The van der Waals surface area contributed by atoms with Gasteiger partial charge in [0.15, 0.2) is 0 Å². The van der Waals surface area contributed by atoms with E-state index in [4.69, 9.17) is 4.74 Å². The van der Waals surface area contributed by atoms with E-state index in [0.29, 0.717) is 26.1 Å². The van der Waals surface area contributed by atoms with Gasteiger partial charge < -0.3 is 14.5 Å². The van der Waals surface area contributed by atoms with Crippen LogP contribution in [0.25, 0.3) is 0 Å². The van der Waals surface area contributed by atoms with Crippen molar-refractivity contribution in [3.63, 3.8) is 0 Å². The molecule has 0 aliphatic carbocycles. The van der Waals surface area contributed by atoms with Crippen molar-refractivity contribution in [3.8, 4) is 5.75 Å². The summed E-state index contributed by atoms with van der Waals surface area (Å²) in [5.41, 5.74) is 3.45. The lowest BCUT2D eigenvalue weighted by Gasteiger charge is -2.38. The van der Waals surface area contributed by atoms with Gasteiger partial charge in [0.2, 0.25) is 11.8 Å². The van der Waals surface area contributed by atoms with E-state index >= 15 is 0 Å². The summed E-state index contributed by atoms with van der Waals surface area (Å²) in [5, 5.41) is 0. The molecule has 0 bridgehead atoms. The van der Waals surface area contributed by atoms with Gasteiger partial charge in [-0.3, -0.25) is 14.5 Å². The smallest absolute Gasteiger partial charge is 0.241 e. The molecular weight excluding hydrogens is 402 g/mol. The monoisotopic (exact) mass is 435 g/mol. The van der Waals surface area contributed by atoms with E-state index in [1.165, 1.54) is 5.56 Å². The van der Waals surface area contributed by atoms with E-state index in [1.807, 2.05) is 46.2 Å². The number of fused-ring (bicyclic) bond motifs is 1. The Morgan fingerprint density at radius 1 is 0.969 bits per heavy atom. The molecule has 1 saturated heterocycles. The Morgan fingerprint density at radius 3 is 2.41 bits per heavy atom. The fourth-order valence-corrected chi connectivity index (χ4v) is 4.69. The second-order valence-electron chi connectivity index (χ2n) is 8.79. The Labute approximate surface area is 190 Å². The van der Waals surface area contributed by atoms with E-state index < -0.39 is 0 Å². The third-order valence-corrected chi connectivity index (χ3v) is 6.66. The Balaban J connectivity index is 1.25. The molecule has 170 valence electrons. The van der Waals surface area contributed by atoms with Gasteiger partial charge in [-0.05, 0) is 55.5 Å². The molecule has 1 unspecified atom stereocenters. The number of benzene rings is 2. The maximum Gasteiger partial charge on any atom is 0.241 e. The number of piperazine rings is 1. The van der Waals surface area contributed by atoms with Crippen LogP contribution in [0, 0.1) is 0 Å². The van der Waals surface area contributed by atoms with Crippen molar-refractivity contribution < 1.29 is 14.3 Å². The molecule has 0 radical (unpaired) electrons. The minimum Gasteiger partial charge on any atom is -0.497 e. The van der Waals surface area contributed by atoms with E-state index in [-0.39, 0.29) is 17.9 Å². The predicted molar refractivity (Wildman–Crippen MR) is 126 cm³/mol. The number of anilines is 1. The number of methoxy groups -OCH3 is 1. The summed E-state index contributed by atoms with van der Waals surface area (Å²) in [7, 11) is 1.65. The quantitative estimate of drug-likeness (QED) is 0.700. The first-order chi connectivity index (χ1) is 15.5. The zero-order chi connectivity index (χ0) is 22.5. The normalized spacial score (nSPS) is 18.9. The number of carbonyl (C=O) groups is 2. The van der Waals surface area contributed by atoms with Crippen LogP contribution in [0.15, 0.2) is 48.5 Å². The van der Waals surface area contributed by atoms with E-state index in [1.54, 1.807) is 7.11 Å². The highest BCUT2D eigenvalue weighted by Crippen LogP contribution is 2.30. The highest BCUT2D eigenvalue weighted by atomic mass is 16.5. The predicted octanol–water partition coefficient (Wildman–Crippen LogP) is 3.14. The van der Waals surface area contributed by atoms with Crippen LogP contribution in [0.4, 0.5) is 5.69 Å². The van der Waals surface area contributed by atoms with Crippen LogP contribution in [0.5, 0.6) is 5.75 Å². The first-order valence-electron chi connectivity index (χ1n) is 11.6. The number of amides is 2. The summed E-state index contributed by atoms with van der Waals surface area (Å²) in [6.07, 6.45) is 3.26. The summed E-state index contributed by atoms with van der Waals surface area (Å²) in [5.74, 6) is 1.17. The molecule has 2 aromatic carbocycles. The van der Waals surface area contributed by atoms with Crippen LogP contribution in [0.2, 0.25) is 0 Å². The molecule has 6 nitrogen and oxygen atoms in total. The van der Waals surface area contributed by atoms with Gasteiger partial charge in [0, 0.05) is 44.3 Å². The molecule has 1 fully saturated rings. The van der Waals surface area contributed by atoms with Gasteiger partial charge in [-0.25, -0.2) is 0 Å². The van der Waals surface area contributed by atoms with Gasteiger partial charge in [0.1, 0.15) is 5.75 Å². The molecule has 2 aliphatic heterocycles. The van der Waals surface area contributed by atoms with Crippen molar-refractivity contribution in [3.05, 3.63) is 59.7 Å². The standard InChI is InChI=1S/C26H33N3O3/c1-20-7-11-22-5-3-4-6-24(22)29(20)26(31)19-27-15-17-28(18-16-27)25(30)14-10-21-8-12-23(32-2)13-9-21/h3-6,8-9,12-13,20H,7,10-11,14-19H2,1-2H3. The lowest BCUT2D eigenvalue weighted by Crippen LogP contribution is -2.53. The van der Waals surface area contributed by atoms with Crippen molar-refractivity contribution in [1.29, 1.82) is 0 Å². The highest BCUT2D eigenvalue weighted by molar-refractivity contribution is 5.96. The Hall–Kier alpha value is -2.86. The van der Waals surface area contributed by atoms with Gasteiger partial charge in [-0.1, -0.05) is 30.3 Å². The average molecular weight is 436 g/mol. The maximum absolute atomic E-state index is 13.2. The van der Waals surface area contributed by atoms with Gasteiger partial charge in [-0.2, -0.15) is 0 Å². The summed E-state index contributed by atoms with van der Waals surface area (Å²) >= 11 is 0. The zero-order valence-corrected chi connectivity index (χ0v) is 19.1. The fraction of sp³-hybridized carbons (Fsp3) is 0.462. The molecule has 6 heteroatoms. The molecule has 2 aliphatic rings. The number of carbonyl (C=O) groups excluding carboxylic acids is 2. The van der Waals surface area contributed by atoms with Gasteiger partial charge >= 0.3 is 0 Å². The number of ether oxygens (including phenoxy) is 1. The molecule has 1 atom stereocenters. The van der Waals surface area contributed by atoms with Crippen LogP contribution in [-0.2, 0) is 22.4 Å². The summed E-state index contributed by atoms with van der Waals surface area (Å²) in [6, 6.07) is 16.3. The molecule has 2 heterocycles. The zero-order valence-electron chi connectivity index (χ0n) is 19.1. The van der Waals surface area contributed by atoms with Crippen molar-refractivity contribution in [2.75, 3.05) is 44.7 Å². The molecular formula is C26H33N3O3. The van der Waals surface area contributed by atoms with Crippen LogP contribution < -0.4 is 9.64 Å². The maximum atomic E-state index is 13.2. The number of nitrogens with zero attached hydrogens (tertiary/aromatic N) is 3. The largest absolute Gasteiger partial charge is 0.497 e. The fourth-order valence-electron chi connectivity index (χ4n) is 4.69. The van der Waals surface area contributed by atoms with Crippen LogP contribution in [0.1, 0.15) is 30.9 Å². The Morgan fingerprint density at radius 2 is 1.69 bits per heavy atom. The van der Waals surface area contributed by atoms with Crippen molar-refractivity contribution in [1.82, 2.24) is 9.80 Å². The number of rotatable bonds is 6. The van der Waals surface area contributed by atoms with Crippen molar-refractivity contribution in [2.45, 2.75) is 38.6 Å². The summed E-state index contributed by atoms with van der Waals surface area (Å²) < 4.78 is 5.18. The van der Waals surface area contributed by atoms with Gasteiger partial charge in [-0.15, -0.1) is 0 Å². The van der Waals surface area contributed by atoms with E-state index in [9.17, 15) is 9.59 Å². The molecule has 0 saturated carbocycles. The van der Waals surface area contributed by atoms with Crippen molar-refractivity contribution in [2.24, 2.45) is 0 Å². The van der Waals surface area contributed by atoms with Gasteiger partial charge in [0.05, 0.1) is 13.7 Å². The number of para-hydroxylation sites is 1. The molecule has 0 aromatic heterocycles. The molecule has 32 heavy (non-hydrogen) atoms. The average Bonchev–Trinajstić information content (AvgIpc) is 2.83. The minimum absolute atomic E-state index is 0.156. The second-order valence-corrected chi connectivity index (χ2v) is 8.79. The van der Waals surface area contributed by atoms with Crippen LogP contribution >= 0.6 is 0 Å². The SMILES string of the molecule is COc1ccc(CCC(=O)N2CCN(CC(=O)N3c4ccccc4CCC3C)CC2)cc1. The molecule has 4 rings (SSSR count). The minimum atomic E-state index is 0.156. The Bertz CT molecular complexity index is 936. The summed E-state index contributed by atoms with van der Waals surface area (Å²) in [6.45, 7) is 5.38. The van der Waals surface area contributed by atoms with Crippen molar-refractivity contribution >= 4 is 17.5 Å². The third kappa shape index (κ3) is 5.13. The molecule has 0 spiro atoms. The first kappa shape index (κ1) is 22.3. The molecule has 2 aromatic rings. The number of aryl methyl sites for hydroxylation is 2. The number of hydrogen-bond donors (Lipinski definition) is 0. The van der Waals surface area contributed by atoms with Gasteiger partial charge in [0.25, 0.3) is 0 Å². The van der Waals surface area contributed by atoms with Crippen LogP contribution in [0.3, 0.4) is 0 Å². The summed E-state index contributed by atoms with van der Waals surface area (Å²) in [4.78, 5) is 31.9.